The second kappa shape index (κ2) is 10.3. The lowest BCUT2D eigenvalue weighted by Crippen LogP contribution is -2.30. The van der Waals surface area contributed by atoms with Crippen LogP contribution in [0.1, 0.15) is 22.5 Å². The van der Waals surface area contributed by atoms with Gasteiger partial charge in [-0.05, 0) is 35.8 Å². The first-order valence-electron chi connectivity index (χ1n) is 12.0. The summed E-state index contributed by atoms with van der Waals surface area (Å²) < 4.78 is 20.5. The number of rotatable bonds is 8. The first kappa shape index (κ1) is 24.9. The fourth-order valence-electron chi connectivity index (χ4n) is 4.39. The fourth-order valence-corrected chi connectivity index (χ4v) is 4.39. The molecule has 1 saturated heterocycles. The Morgan fingerprint density at radius 2 is 2.16 bits per heavy atom. The quantitative estimate of drug-likeness (QED) is 0.303. The molecule has 5 rings (SSSR count). The maximum Gasteiger partial charge on any atom is 0.297 e. The van der Waals surface area contributed by atoms with Crippen molar-refractivity contribution in [1.82, 2.24) is 30.4 Å². The number of fused-ring (bicyclic) bond motifs is 1. The van der Waals surface area contributed by atoms with Crippen LogP contribution in [0.5, 0.6) is 0 Å². The van der Waals surface area contributed by atoms with Crippen LogP contribution in [-0.4, -0.2) is 70.1 Å². The molecule has 1 aliphatic heterocycles. The number of likely N-dealkylation sites (tertiary alicyclic amines) is 1. The van der Waals surface area contributed by atoms with Gasteiger partial charge < -0.3 is 24.9 Å². The van der Waals surface area contributed by atoms with Crippen molar-refractivity contribution in [3.05, 3.63) is 66.5 Å². The zero-order chi connectivity index (χ0) is 26.8. The molecule has 11 nitrogen and oxygen atoms in total. The topological polar surface area (TPSA) is 132 Å². The summed E-state index contributed by atoms with van der Waals surface area (Å²) >= 11 is 0. The summed E-state index contributed by atoms with van der Waals surface area (Å²) in [7, 11) is 3.50. The number of carbonyl (C=O) groups is 2. The van der Waals surface area contributed by atoms with E-state index in [0.717, 1.165) is 17.4 Å². The molecule has 3 N–H and O–H groups in total. The van der Waals surface area contributed by atoms with Gasteiger partial charge >= 0.3 is 0 Å². The highest BCUT2D eigenvalue weighted by atomic mass is 19.1. The van der Waals surface area contributed by atoms with E-state index in [1.807, 2.05) is 0 Å². The number of aromatic nitrogens is 4. The zero-order valence-corrected chi connectivity index (χ0v) is 21.0. The Morgan fingerprint density at radius 1 is 1.32 bits per heavy atom. The molecule has 1 fully saturated rings. The van der Waals surface area contributed by atoms with Crippen molar-refractivity contribution in [3.8, 4) is 11.1 Å². The number of benzene rings is 1. The van der Waals surface area contributed by atoms with E-state index in [0.29, 0.717) is 41.7 Å². The van der Waals surface area contributed by atoms with Crippen LogP contribution >= 0.6 is 0 Å². The summed E-state index contributed by atoms with van der Waals surface area (Å²) in [6, 6.07) is 6.96. The molecule has 1 aromatic carbocycles. The van der Waals surface area contributed by atoms with Crippen LogP contribution in [-0.2, 0) is 11.3 Å². The van der Waals surface area contributed by atoms with Gasteiger partial charge in [-0.15, -0.1) is 0 Å². The Balaban J connectivity index is 1.33. The molecule has 4 aromatic rings. The molecule has 38 heavy (non-hydrogen) atoms. The molecular formula is C26H27FN8O3. The van der Waals surface area contributed by atoms with Gasteiger partial charge in [0.1, 0.15) is 5.82 Å². The zero-order valence-electron chi connectivity index (χ0n) is 21.0. The number of hydrogen-bond donors (Lipinski definition) is 3. The van der Waals surface area contributed by atoms with Gasteiger partial charge in [0.25, 0.3) is 11.9 Å². The Kier molecular flexibility index (Phi) is 6.77. The first-order valence-corrected chi connectivity index (χ1v) is 12.0. The third kappa shape index (κ3) is 4.92. The second-order valence-corrected chi connectivity index (χ2v) is 9.16. The number of pyridine rings is 1. The van der Waals surface area contributed by atoms with Gasteiger partial charge in [-0.25, -0.2) is 14.4 Å². The first-order chi connectivity index (χ1) is 18.3. The van der Waals surface area contributed by atoms with E-state index in [2.05, 4.69) is 37.4 Å². The number of anilines is 2. The normalized spacial score (nSPS) is 15.0. The van der Waals surface area contributed by atoms with E-state index in [1.165, 1.54) is 18.3 Å². The lowest BCUT2D eigenvalue weighted by atomic mass is 10.0. The van der Waals surface area contributed by atoms with Crippen molar-refractivity contribution >= 4 is 34.7 Å². The van der Waals surface area contributed by atoms with E-state index in [9.17, 15) is 9.59 Å². The smallest absolute Gasteiger partial charge is 0.297 e. The highest BCUT2D eigenvalue weighted by Crippen LogP contribution is 2.33. The number of halogens is 1. The van der Waals surface area contributed by atoms with Crippen LogP contribution in [0, 0.1) is 5.82 Å². The summed E-state index contributed by atoms with van der Waals surface area (Å²) in [6.07, 6.45) is 5.04. The van der Waals surface area contributed by atoms with Gasteiger partial charge in [0.15, 0.2) is 11.5 Å². The van der Waals surface area contributed by atoms with Gasteiger partial charge in [0, 0.05) is 51.5 Å². The molecule has 4 heterocycles. The fraction of sp³-hybridized carbons (Fsp3) is 0.269. The third-order valence-electron chi connectivity index (χ3n) is 6.38. The molecule has 0 unspecified atom stereocenters. The molecular weight excluding hydrogens is 491 g/mol. The molecule has 12 heteroatoms. The number of nitrogens with one attached hydrogen (secondary N) is 3. The molecule has 0 bridgehead atoms. The molecule has 0 radical (unpaired) electrons. The van der Waals surface area contributed by atoms with Crippen molar-refractivity contribution in [1.29, 1.82) is 0 Å². The summed E-state index contributed by atoms with van der Waals surface area (Å²) in [5.41, 5.74) is 2.26. The van der Waals surface area contributed by atoms with Crippen molar-refractivity contribution in [2.45, 2.75) is 19.0 Å². The Hall–Kier alpha value is -4.74. The molecule has 0 saturated carbocycles. The molecule has 1 aliphatic rings. The second-order valence-electron chi connectivity index (χ2n) is 9.16. The Bertz CT molecular complexity index is 1510. The number of aromatic amines is 1. The maximum atomic E-state index is 15.1. The van der Waals surface area contributed by atoms with Gasteiger partial charge in [-0.1, -0.05) is 18.7 Å². The van der Waals surface area contributed by atoms with Crippen LogP contribution in [0.15, 0.2) is 53.7 Å². The van der Waals surface area contributed by atoms with Crippen LogP contribution in [0.4, 0.5) is 16.2 Å². The lowest BCUT2D eigenvalue weighted by Gasteiger charge is -2.15. The van der Waals surface area contributed by atoms with E-state index in [1.54, 1.807) is 48.3 Å². The predicted molar refractivity (Wildman–Crippen MR) is 140 cm³/mol. The highest BCUT2D eigenvalue weighted by molar-refractivity contribution is 6.00. The number of amides is 2. The van der Waals surface area contributed by atoms with Crippen molar-refractivity contribution in [2.24, 2.45) is 0 Å². The number of oxazole rings is 1. The minimum atomic E-state index is -0.487. The number of nitrogens with zero attached hydrogens (tertiary/aromatic N) is 5. The highest BCUT2D eigenvalue weighted by Gasteiger charge is 2.26. The third-order valence-corrected chi connectivity index (χ3v) is 6.38. The van der Waals surface area contributed by atoms with Crippen molar-refractivity contribution in [2.75, 3.05) is 37.4 Å². The molecule has 3 aromatic heterocycles. The number of carbonyl (C=O) groups excluding carboxylic acids is 2. The average molecular weight is 519 g/mol. The largest absolute Gasteiger partial charge is 0.418 e. The standard InChI is InChI=1S/C26H27FN8O3/c1-4-21(36)35-10-8-17(14-35)31-24-22-18(7-9-28-23(22)32-33-24)15-5-6-16(19(27)11-15)12-29-25(37)20-13-30-26(38-20)34(2)3/h4-7,9,11,13,17H,1,8,10,12,14H2,2-3H3,(H,29,37)(H2,28,31,32,33)/t17-/m1/s1. The van der Waals surface area contributed by atoms with Crippen LogP contribution in [0.2, 0.25) is 0 Å². The molecule has 0 aliphatic carbocycles. The van der Waals surface area contributed by atoms with E-state index < -0.39 is 11.7 Å². The van der Waals surface area contributed by atoms with Gasteiger partial charge in [-0.2, -0.15) is 5.10 Å². The van der Waals surface area contributed by atoms with Crippen LogP contribution in [0.3, 0.4) is 0 Å². The average Bonchev–Trinajstić information content (AvgIpc) is 3.68. The van der Waals surface area contributed by atoms with Crippen molar-refractivity contribution < 1.29 is 18.4 Å². The monoisotopic (exact) mass is 518 g/mol. The van der Waals surface area contributed by atoms with Crippen LogP contribution < -0.4 is 15.5 Å². The van der Waals surface area contributed by atoms with E-state index >= 15 is 4.39 Å². The van der Waals surface area contributed by atoms with Crippen LogP contribution in [0.25, 0.3) is 22.2 Å². The lowest BCUT2D eigenvalue weighted by molar-refractivity contribution is -0.125. The molecule has 196 valence electrons. The minimum Gasteiger partial charge on any atom is -0.418 e. The number of H-pyrrole nitrogens is 1. The van der Waals surface area contributed by atoms with Gasteiger partial charge in [0.2, 0.25) is 11.7 Å². The van der Waals surface area contributed by atoms with E-state index in [-0.39, 0.29) is 24.3 Å². The summed E-state index contributed by atoms with van der Waals surface area (Å²) in [5.74, 6) is -0.425. The molecule has 2 amide bonds. The Labute approximate surface area is 217 Å². The maximum absolute atomic E-state index is 15.1. The van der Waals surface area contributed by atoms with Crippen molar-refractivity contribution in [3.63, 3.8) is 0 Å². The van der Waals surface area contributed by atoms with Gasteiger partial charge in [0.05, 0.1) is 11.6 Å². The van der Waals surface area contributed by atoms with E-state index in [4.69, 9.17) is 4.42 Å². The van der Waals surface area contributed by atoms with Gasteiger partial charge in [-0.3, -0.25) is 14.7 Å². The molecule has 1 atom stereocenters. The summed E-state index contributed by atoms with van der Waals surface area (Å²) in [5, 5.41) is 14.1. The predicted octanol–water partition coefficient (Wildman–Crippen LogP) is 2.95. The number of hydrogen-bond acceptors (Lipinski definition) is 8. The summed E-state index contributed by atoms with van der Waals surface area (Å²) in [4.78, 5) is 36.1. The summed E-state index contributed by atoms with van der Waals surface area (Å²) in [6.45, 7) is 4.70. The molecule has 0 spiro atoms. The minimum absolute atomic E-state index is 0.0133. The Morgan fingerprint density at radius 3 is 2.89 bits per heavy atom. The SMILES string of the molecule is C=CC(=O)N1CC[C@@H](Nc2n[nH]c3nccc(-c4ccc(CNC(=O)c5cnc(N(C)C)o5)c(F)c4)c23)C1.